The molecule has 0 bridgehead atoms. The van der Waals surface area contributed by atoms with Crippen LogP contribution in [0.1, 0.15) is 12.5 Å². The molecule has 0 unspecified atom stereocenters. The van der Waals surface area contributed by atoms with Gasteiger partial charge in [-0.2, -0.15) is 0 Å². The molecule has 28 heavy (non-hydrogen) atoms. The normalized spacial score (nSPS) is 15.4. The van der Waals surface area contributed by atoms with Gasteiger partial charge in [-0.15, -0.1) is 0 Å². The maximum Gasteiger partial charge on any atom is 0.340 e. The fourth-order valence-corrected chi connectivity index (χ4v) is 3.35. The van der Waals surface area contributed by atoms with E-state index in [1.54, 1.807) is 43.3 Å². The Hall–Kier alpha value is -2.76. The Bertz CT molecular complexity index is 1030. The molecule has 0 saturated heterocycles. The van der Waals surface area contributed by atoms with Gasteiger partial charge in [0.1, 0.15) is 5.75 Å². The highest BCUT2D eigenvalue weighted by atomic mass is 35.5. The Morgan fingerprint density at radius 1 is 1.07 bits per heavy atom. The third-order valence-corrected chi connectivity index (χ3v) is 5.13. The van der Waals surface area contributed by atoms with E-state index in [1.807, 2.05) is 12.1 Å². The molecule has 1 aliphatic heterocycles. The van der Waals surface area contributed by atoms with Crippen LogP contribution < -0.4 is 9.64 Å². The van der Waals surface area contributed by atoms with Gasteiger partial charge in [-0.25, -0.2) is 4.79 Å². The average molecular weight is 418 g/mol. The molecule has 2 aromatic rings. The molecule has 1 heterocycles. The first-order chi connectivity index (χ1) is 13.4. The first kappa shape index (κ1) is 20.0. The van der Waals surface area contributed by atoms with E-state index in [9.17, 15) is 9.59 Å². The monoisotopic (exact) mass is 417 g/mol. The second-order valence-corrected chi connectivity index (χ2v) is 6.81. The lowest BCUT2D eigenvalue weighted by Gasteiger charge is -2.18. The van der Waals surface area contributed by atoms with Gasteiger partial charge in [0.05, 0.1) is 41.1 Å². The van der Waals surface area contributed by atoms with Crippen molar-refractivity contribution in [1.29, 1.82) is 0 Å². The number of nitrogens with zero attached hydrogens (tertiary/aromatic N) is 1. The van der Waals surface area contributed by atoms with Crippen molar-refractivity contribution in [2.24, 2.45) is 0 Å². The van der Waals surface area contributed by atoms with Crippen LogP contribution >= 0.6 is 23.2 Å². The largest absolute Gasteiger partial charge is 0.496 e. The Kier molecular flexibility index (Phi) is 5.77. The van der Waals surface area contributed by atoms with E-state index in [0.29, 0.717) is 32.7 Å². The predicted octanol–water partition coefficient (Wildman–Crippen LogP) is 4.88. The van der Waals surface area contributed by atoms with Gasteiger partial charge in [0, 0.05) is 11.3 Å². The number of esters is 1. The number of hydrogen-bond donors (Lipinski definition) is 0. The van der Waals surface area contributed by atoms with Crippen LogP contribution in [0, 0.1) is 0 Å². The third-order valence-electron chi connectivity index (χ3n) is 4.39. The Balaban J connectivity index is 2.18. The average Bonchev–Trinajstić information content (AvgIpc) is 2.94. The molecule has 0 fully saturated rings. The number of para-hydroxylation sites is 1. The molecule has 0 aliphatic carbocycles. The number of benzene rings is 2. The lowest BCUT2D eigenvalue weighted by Crippen LogP contribution is -2.24. The fraction of sp³-hybridized carbons (Fsp3) is 0.143. The topological polar surface area (TPSA) is 55.8 Å². The van der Waals surface area contributed by atoms with Crippen molar-refractivity contribution in [3.8, 4) is 5.75 Å². The first-order valence-corrected chi connectivity index (χ1v) is 9.08. The predicted molar refractivity (Wildman–Crippen MR) is 110 cm³/mol. The van der Waals surface area contributed by atoms with E-state index in [4.69, 9.17) is 32.7 Å². The summed E-state index contributed by atoms with van der Waals surface area (Å²) >= 11 is 12.1. The van der Waals surface area contributed by atoms with Gasteiger partial charge in [0.25, 0.3) is 5.91 Å². The molecule has 0 saturated carbocycles. The van der Waals surface area contributed by atoms with E-state index < -0.39 is 5.97 Å². The molecule has 0 N–H and O–H groups in total. The van der Waals surface area contributed by atoms with Crippen LogP contribution in [0.15, 0.2) is 59.3 Å². The molecule has 2 aromatic carbocycles. The zero-order chi connectivity index (χ0) is 20.4. The lowest BCUT2D eigenvalue weighted by atomic mass is 10.0. The quantitative estimate of drug-likeness (QED) is 0.525. The molecule has 5 nitrogen and oxygen atoms in total. The number of allylic oxidation sites excluding steroid dienone is 1. The highest BCUT2D eigenvalue weighted by Crippen LogP contribution is 2.38. The number of carbonyl (C=O) groups is 2. The van der Waals surface area contributed by atoms with E-state index in [-0.39, 0.29) is 17.1 Å². The number of ether oxygens (including phenoxy) is 2. The molecular weight excluding hydrogens is 401 g/mol. The zero-order valence-corrected chi connectivity index (χ0v) is 17.0. The molecule has 1 amide bonds. The fourth-order valence-electron chi connectivity index (χ4n) is 3.06. The SMILES string of the molecule is COC(=O)C1=C(C)N(c2ccc(Cl)c(Cl)c2)C(=O)/C1=C\c1ccccc1OC. The summed E-state index contributed by atoms with van der Waals surface area (Å²) in [5.74, 6) is -0.394. The van der Waals surface area contributed by atoms with Gasteiger partial charge in [-0.1, -0.05) is 41.4 Å². The van der Waals surface area contributed by atoms with Crippen molar-refractivity contribution in [1.82, 2.24) is 0 Å². The Morgan fingerprint density at radius 3 is 2.43 bits per heavy atom. The number of carbonyl (C=O) groups excluding carboxylic acids is 2. The molecule has 3 rings (SSSR count). The third kappa shape index (κ3) is 3.51. The second-order valence-electron chi connectivity index (χ2n) is 5.99. The van der Waals surface area contributed by atoms with Crippen LogP contribution in [0.2, 0.25) is 10.0 Å². The van der Waals surface area contributed by atoms with Crippen molar-refractivity contribution in [3.63, 3.8) is 0 Å². The molecule has 0 radical (unpaired) electrons. The van der Waals surface area contributed by atoms with Crippen LogP contribution in [-0.2, 0) is 14.3 Å². The van der Waals surface area contributed by atoms with Crippen LogP contribution in [0.3, 0.4) is 0 Å². The Morgan fingerprint density at radius 2 is 1.79 bits per heavy atom. The van der Waals surface area contributed by atoms with Crippen molar-refractivity contribution in [3.05, 3.63) is 74.9 Å². The number of rotatable bonds is 4. The second kappa shape index (κ2) is 8.09. The summed E-state index contributed by atoms with van der Waals surface area (Å²) in [6.45, 7) is 1.68. The first-order valence-electron chi connectivity index (χ1n) is 8.32. The van der Waals surface area contributed by atoms with E-state index in [1.165, 1.54) is 19.1 Å². The van der Waals surface area contributed by atoms with Gasteiger partial charge < -0.3 is 9.47 Å². The number of methoxy groups -OCH3 is 2. The van der Waals surface area contributed by atoms with Gasteiger partial charge in [-0.3, -0.25) is 9.69 Å². The van der Waals surface area contributed by atoms with Gasteiger partial charge in [0.15, 0.2) is 0 Å². The summed E-state index contributed by atoms with van der Waals surface area (Å²) in [5.41, 5.74) is 2.00. The standard InChI is InChI=1S/C21H17Cl2NO4/c1-12-19(21(26)28-3)15(10-13-6-4-5-7-18(13)27-2)20(25)24(12)14-8-9-16(22)17(23)11-14/h4-11H,1-3H3/b15-10-. The summed E-state index contributed by atoms with van der Waals surface area (Å²) in [6.07, 6.45) is 1.62. The summed E-state index contributed by atoms with van der Waals surface area (Å²) in [5, 5.41) is 0.679. The van der Waals surface area contributed by atoms with Crippen molar-refractivity contribution >= 4 is 46.8 Å². The minimum absolute atomic E-state index is 0.185. The number of halogens is 2. The zero-order valence-electron chi connectivity index (χ0n) is 15.5. The van der Waals surface area contributed by atoms with E-state index in [2.05, 4.69) is 0 Å². The summed E-state index contributed by atoms with van der Waals surface area (Å²) < 4.78 is 10.3. The number of hydrogen-bond acceptors (Lipinski definition) is 4. The highest BCUT2D eigenvalue weighted by Gasteiger charge is 2.38. The molecule has 7 heteroatoms. The molecule has 0 atom stereocenters. The summed E-state index contributed by atoms with van der Waals surface area (Å²) in [4.78, 5) is 27.1. The van der Waals surface area contributed by atoms with Crippen molar-refractivity contribution in [2.45, 2.75) is 6.92 Å². The lowest BCUT2D eigenvalue weighted by molar-refractivity contribution is -0.136. The summed E-state index contributed by atoms with van der Waals surface area (Å²) in [6, 6.07) is 12.0. The number of amides is 1. The van der Waals surface area contributed by atoms with Gasteiger partial charge in [0.2, 0.25) is 0 Å². The van der Waals surface area contributed by atoms with Crippen molar-refractivity contribution < 1.29 is 19.1 Å². The van der Waals surface area contributed by atoms with Crippen LogP contribution in [-0.4, -0.2) is 26.1 Å². The highest BCUT2D eigenvalue weighted by molar-refractivity contribution is 6.42. The minimum atomic E-state index is -0.602. The molecule has 0 spiro atoms. The maximum absolute atomic E-state index is 13.2. The maximum atomic E-state index is 13.2. The van der Waals surface area contributed by atoms with Crippen LogP contribution in [0.4, 0.5) is 5.69 Å². The van der Waals surface area contributed by atoms with Crippen LogP contribution in [0.5, 0.6) is 5.75 Å². The van der Waals surface area contributed by atoms with Gasteiger partial charge >= 0.3 is 5.97 Å². The van der Waals surface area contributed by atoms with Crippen molar-refractivity contribution in [2.75, 3.05) is 19.1 Å². The minimum Gasteiger partial charge on any atom is -0.496 e. The van der Waals surface area contributed by atoms with Crippen LogP contribution in [0.25, 0.3) is 6.08 Å². The van der Waals surface area contributed by atoms with E-state index >= 15 is 0 Å². The summed E-state index contributed by atoms with van der Waals surface area (Å²) in [7, 11) is 2.81. The smallest absolute Gasteiger partial charge is 0.340 e. The van der Waals surface area contributed by atoms with Gasteiger partial charge in [-0.05, 0) is 37.3 Å². The molecular formula is C21H17Cl2NO4. The Labute approximate surface area is 172 Å². The number of anilines is 1. The molecule has 144 valence electrons. The van der Waals surface area contributed by atoms with E-state index in [0.717, 1.165) is 0 Å². The molecule has 0 aromatic heterocycles. The molecule has 1 aliphatic rings.